The molecule has 0 bridgehead atoms. The molecule has 0 unspecified atom stereocenters. The molecule has 0 aliphatic rings. The van der Waals surface area contributed by atoms with E-state index >= 15 is 0 Å². The molecule has 6 nitrogen and oxygen atoms in total. The Kier molecular flexibility index (Phi) is 2.57. The van der Waals surface area contributed by atoms with Gasteiger partial charge in [-0.3, -0.25) is 5.10 Å². The highest BCUT2D eigenvalue weighted by Crippen LogP contribution is 2.06. The van der Waals surface area contributed by atoms with E-state index in [1.54, 1.807) is 0 Å². The summed E-state index contributed by atoms with van der Waals surface area (Å²) in [6.45, 7) is 4.39. The molecule has 0 fully saturated rings. The number of aryl methyl sites for hydroxylation is 2. The number of nitrogens with zero attached hydrogens (tertiary/aromatic N) is 4. The molecule has 0 aromatic carbocycles. The van der Waals surface area contributed by atoms with E-state index in [0.717, 1.165) is 23.2 Å². The van der Waals surface area contributed by atoms with Gasteiger partial charge >= 0.3 is 0 Å². The molecule has 0 saturated heterocycles. The summed E-state index contributed by atoms with van der Waals surface area (Å²) in [5, 5.41) is 9.67. The summed E-state index contributed by atoms with van der Waals surface area (Å²) >= 11 is 0. The van der Waals surface area contributed by atoms with Gasteiger partial charge in [-0.2, -0.15) is 5.10 Å². The van der Waals surface area contributed by atoms with Crippen molar-refractivity contribution in [2.24, 2.45) is 0 Å². The molecule has 2 heterocycles. The number of aromatic nitrogens is 5. The van der Waals surface area contributed by atoms with Crippen LogP contribution in [-0.2, 0) is 6.54 Å². The van der Waals surface area contributed by atoms with Gasteiger partial charge in [0.2, 0.25) is 0 Å². The van der Waals surface area contributed by atoms with Gasteiger partial charge in [0, 0.05) is 11.8 Å². The van der Waals surface area contributed by atoms with Crippen molar-refractivity contribution in [3.63, 3.8) is 0 Å². The minimum atomic E-state index is 0.579. The Labute approximate surface area is 87.2 Å². The highest BCUT2D eigenvalue weighted by molar-refractivity contribution is 5.35. The van der Waals surface area contributed by atoms with Crippen LogP contribution >= 0.6 is 0 Å². The van der Waals surface area contributed by atoms with Crippen molar-refractivity contribution in [2.45, 2.75) is 20.4 Å². The Bertz CT molecular complexity index is 416. The van der Waals surface area contributed by atoms with E-state index in [1.165, 1.54) is 6.33 Å². The van der Waals surface area contributed by atoms with Crippen LogP contribution in [0.3, 0.4) is 0 Å². The lowest BCUT2D eigenvalue weighted by atomic mass is 10.4. The second-order valence-electron chi connectivity index (χ2n) is 3.23. The number of rotatable bonds is 3. The average molecular weight is 204 g/mol. The third-order valence-corrected chi connectivity index (χ3v) is 1.87. The van der Waals surface area contributed by atoms with Crippen LogP contribution in [-0.4, -0.2) is 25.1 Å². The molecule has 0 aliphatic heterocycles. The first-order valence-electron chi connectivity index (χ1n) is 4.64. The van der Waals surface area contributed by atoms with Gasteiger partial charge in [-0.1, -0.05) is 0 Å². The lowest BCUT2D eigenvalue weighted by molar-refractivity contribution is 0.932. The van der Waals surface area contributed by atoms with E-state index in [4.69, 9.17) is 0 Å². The molecule has 0 radical (unpaired) electrons. The van der Waals surface area contributed by atoms with E-state index in [9.17, 15) is 0 Å². The van der Waals surface area contributed by atoms with Crippen molar-refractivity contribution < 1.29 is 0 Å². The minimum absolute atomic E-state index is 0.579. The highest BCUT2D eigenvalue weighted by Gasteiger charge is 1.99. The number of hydrogen-bond acceptors (Lipinski definition) is 5. The SMILES string of the molecule is Cc1cc(NCc2ncn[nH]2)nc(C)n1. The maximum absolute atomic E-state index is 4.25. The summed E-state index contributed by atoms with van der Waals surface area (Å²) in [5.74, 6) is 2.34. The van der Waals surface area contributed by atoms with Gasteiger partial charge < -0.3 is 5.32 Å². The van der Waals surface area contributed by atoms with Crippen molar-refractivity contribution in [1.29, 1.82) is 0 Å². The van der Waals surface area contributed by atoms with Crippen LogP contribution in [0.4, 0.5) is 5.82 Å². The summed E-state index contributed by atoms with van der Waals surface area (Å²) in [7, 11) is 0. The van der Waals surface area contributed by atoms with E-state index in [1.807, 2.05) is 19.9 Å². The predicted octanol–water partition coefficient (Wildman–Crippen LogP) is 0.824. The van der Waals surface area contributed by atoms with Crippen LogP contribution in [0.25, 0.3) is 0 Å². The third-order valence-electron chi connectivity index (χ3n) is 1.87. The summed E-state index contributed by atoms with van der Waals surface area (Å²) < 4.78 is 0. The van der Waals surface area contributed by atoms with Gasteiger partial charge in [-0.25, -0.2) is 15.0 Å². The number of nitrogens with one attached hydrogen (secondary N) is 2. The summed E-state index contributed by atoms with van der Waals surface area (Å²) in [4.78, 5) is 12.4. The fraction of sp³-hybridized carbons (Fsp3) is 0.333. The van der Waals surface area contributed by atoms with E-state index in [-0.39, 0.29) is 0 Å². The Balaban J connectivity index is 2.05. The number of hydrogen-bond donors (Lipinski definition) is 2. The lowest BCUT2D eigenvalue weighted by Gasteiger charge is -2.04. The number of anilines is 1. The second-order valence-corrected chi connectivity index (χ2v) is 3.23. The Hall–Kier alpha value is -1.98. The largest absolute Gasteiger partial charge is 0.363 e. The van der Waals surface area contributed by atoms with Crippen molar-refractivity contribution >= 4 is 5.82 Å². The predicted molar refractivity (Wildman–Crippen MR) is 55.2 cm³/mol. The first kappa shape index (κ1) is 9.57. The molecule has 78 valence electrons. The first-order chi connectivity index (χ1) is 7.24. The average Bonchev–Trinajstić information content (AvgIpc) is 2.65. The number of aromatic amines is 1. The van der Waals surface area contributed by atoms with Crippen LogP contribution in [0, 0.1) is 13.8 Å². The molecule has 0 aliphatic carbocycles. The highest BCUT2D eigenvalue weighted by atomic mass is 15.2. The fourth-order valence-electron chi connectivity index (χ4n) is 1.30. The van der Waals surface area contributed by atoms with Gasteiger partial charge in [0.15, 0.2) is 0 Å². The van der Waals surface area contributed by atoms with Crippen molar-refractivity contribution in [3.05, 3.63) is 29.7 Å². The fourth-order valence-corrected chi connectivity index (χ4v) is 1.30. The maximum Gasteiger partial charge on any atom is 0.143 e. The summed E-state index contributed by atoms with van der Waals surface area (Å²) in [6.07, 6.45) is 1.48. The van der Waals surface area contributed by atoms with Crippen LogP contribution < -0.4 is 5.32 Å². The molecule has 0 amide bonds. The molecule has 2 N–H and O–H groups in total. The molecule has 0 atom stereocenters. The topological polar surface area (TPSA) is 79.4 Å². The molecule has 0 saturated carbocycles. The van der Waals surface area contributed by atoms with Gasteiger partial charge in [0.25, 0.3) is 0 Å². The zero-order valence-corrected chi connectivity index (χ0v) is 8.65. The Morgan fingerprint density at radius 1 is 1.33 bits per heavy atom. The van der Waals surface area contributed by atoms with Crippen molar-refractivity contribution in [1.82, 2.24) is 25.1 Å². The standard InChI is InChI=1S/C9H12N6/c1-6-3-8(14-7(2)13-6)10-4-9-11-5-12-15-9/h3,5H,4H2,1-2H3,(H,10,13,14)(H,11,12,15). The maximum atomic E-state index is 4.25. The monoisotopic (exact) mass is 204 g/mol. The van der Waals surface area contributed by atoms with Crippen LogP contribution in [0.2, 0.25) is 0 Å². The Morgan fingerprint density at radius 3 is 2.87 bits per heavy atom. The molecular weight excluding hydrogens is 192 g/mol. The molecular formula is C9H12N6. The van der Waals surface area contributed by atoms with E-state index in [0.29, 0.717) is 6.54 Å². The molecule has 0 spiro atoms. The quantitative estimate of drug-likeness (QED) is 0.773. The number of H-pyrrole nitrogens is 1. The molecule has 2 aromatic heterocycles. The minimum Gasteiger partial charge on any atom is -0.363 e. The van der Waals surface area contributed by atoms with Crippen LogP contribution in [0.15, 0.2) is 12.4 Å². The normalized spacial score (nSPS) is 10.3. The summed E-state index contributed by atoms with van der Waals surface area (Å²) in [6, 6.07) is 1.89. The van der Waals surface area contributed by atoms with Gasteiger partial charge in [-0.15, -0.1) is 0 Å². The van der Waals surface area contributed by atoms with Crippen molar-refractivity contribution in [2.75, 3.05) is 5.32 Å². The van der Waals surface area contributed by atoms with Gasteiger partial charge in [0.1, 0.15) is 23.8 Å². The van der Waals surface area contributed by atoms with Crippen LogP contribution in [0.5, 0.6) is 0 Å². The second kappa shape index (κ2) is 4.04. The van der Waals surface area contributed by atoms with Crippen molar-refractivity contribution in [3.8, 4) is 0 Å². The Morgan fingerprint density at radius 2 is 2.20 bits per heavy atom. The van der Waals surface area contributed by atoms with Gasteiger partial charge in [-0.05, 0) is 13.8 Å². The summed E-state index contributed by atoms with van der Waals surface area (Å²) in [5.41, 5.74) is 0.947. The molecule has 6 heteroatoms. The molecule has 15 heavy (non-hydrogen) atoms. The lowest BCUT2D eigenvalue weighted by Crippen LogP contribution is -2.05. The third kappa shape index (κ3) is 2.49. The van der Waals surface area contributed by atoms with E-state index in [2.05, 4.69) is 30.5 Å². The van der Waals surface area contributed by atoms with Crippen LogP contribution in [0.1, 0.15) is 17.3 Å². The first-order valence-corrected chi connectivity index (χ1v) is 4.64. The molecule has 2 aromatic rings. The van der Waals surface area contributed by atoms with Gasteiger partial charge in [0.05, 0.1) is 6.54 Å². The van der Waals surface area contributed by atoms with E-state index < -0.39 is 0 Å². The zero-order valence-electron chi connectivity index (χ0n) is 8.65. The zero-order chi connectivity index (χ0) is 10.7. The smallest absolute Gasteiger partial charge is 0.143 e. The molecule has 2 rings (SSSR count).